The predicted octanol–water partition coefficient (Wildman–Crippen LogP) is 3.41. The van der Waals surface area contributed by atoms with Gasteiger partial charge in [0.2, 0.25) is 5.88 Å². The smallest absolute Gasteiger partial charge is 0.213 e. The lowest BCUT2D eigenvalue weighted by atomic mass is 10.1. The number of halogens is 2. The molecule has 1 heterocycles. The van der Waals surface area contributed by atoms with E-state index in [2.05, 4.69) is 15.9 Å². The standard InChI is InChI=1S/C12H11BrFNO2/c1-6-3-7(2)10(5-9(6)14)15-11(16)4-8(13)12(15)17/h3-5,16-17H,1-2H3. The summed E-state index contributed by atoms with van der Waals surface area (Å²) in [5, 5.41) is 19.5. The minimum absolute atomic E-state index is 0.152. The Bertz CT molecular complexity index is 593. The van der Waals surface area contributed by atoms with Crippen LogP contribution in [-0.2, 0) is 0 Å². The second-order valence-electron chi connectivity index (χ2n) is 3.90. The third-order valence-corrected chi connectivity index (χ3v) is 3.21. The minimum Gasteiger partial charge on any atom is -0.494 e. The molecule has 3 nitrogen and oxygen atoms in total. The lowest BCUT2D eigenvalue weighted by molar-refractivity contribution is 0.401. The summed E-state index contributed by atoms with van der Waals surface area (Å²) >= 11 is 3.10. The number of benzene rings is 1. The molecule has 2 aromatic rings. The number of aromatic hydroxyl groups is 2. The zero-order chi connectivity index (χ0) is 12.7. The van der Waals surface area contributed by atoms with Crippen molar-refractivity contribution in [1.29, 1.82) is 0 Å². The van der Waals surface area contributed by atoms with E-state index >= 15 is 0 Å². The Morgan fingerprint density at radius 1 is 1.12 bits per heavy atom. The molecule has 0 saturated carbocycles. The number of nitrogens with zero attached hydrogens (tertiary/aromatic N) is 1. The van der Waals surface area contributed by atoms with Crippen LogP contribution in [0.2, 0.25) is 0 Å². The highest BCUT2D eigenvalue weighted by Gasteiger charge is 2.16. The Labute approximate surface area is 106 Å². The van der Waals surface area contributed by atoms with E-state index in [9.17, 15) is 14.6 Å². The molecule has 2 N–H and O–H groups in total. The summed E-state index contributed by atoms with van der Waals surface area (Å²) < 4.78 is 15.1. The van der Waals surface area contributed by atoms with Gasteiger partial charge in [-0.25, -0.2) is 4.39 Å². The van der Waals surface area contributed by atoms with E-state index in [1.54, 1.807) is 19.9 Å². The van der Waals surface area contributed by atoms with E-state index < -0.39 is 0 Å². The van der Waals surface area contributed by atoms with E-state index in [0.717, 1.165) is 5.56 Å². The van der Waals surface area contributed by atoms with Gasteiger partial charge in [-0.2, -0.15) is 0 Å². The number of hydrogen-bond acceptors (Lipinski definition) is 2. The second-order valence-corrected chi connectivity index (χ2v) is 4.75. The van der Waals surface area contributed by atoms with Crippen LogP contribution in [-0.4, -0.2) is 14.8 Å². The predicted molar refractivity (Wildman–Crippen MR) is 66.2 cm³/mol. The van der Waals surface area contributed by atoms with Crippen LogP contribution in [0, 0.1) is 19.7 Å². The van der Waals surface area contributed by atoms with Crippen LogP contribution in [0.1, 0.15) is 11.1 Å². The van der Waals surface area contributed by atoms with Gasteiger partial charge in [0.1, 0.15) is 5.82 Å². The van der Waals surface area contributed by atoms with Crippen molar-refractivity contribution in [3.05, 3.63) is 39.6 Å². The topological polar surface area (TPSA) is 45.4 Å². The first-order chi connectivity index (χ1) is 7.91. The Balaban J connectivity index is 2.72. The van der Waals surface area contributed by atoms with Crippen molar-refractivity contribution >= 4 is 15.9 Å². The Morgan fingerprint density at radius 3 is 2.29 bits per heavy atom. The molecule has 17 heavy (non-hydrogen) atoms. The fourth-order valence-corrected chi connectivity index (χ4v) is 2.13. The fourth-order valence-electron chi connectivity index (χ4n) is 1.75. The molecule has 0 atom stereocenters. The molecule has 0 fully saturated rings. The van der Waals surface area contributed by atoms with Crippen LogP contribution < -0.4 is 0 Å². The Hall–Kier alpha value is -1.49. The van der Waals surface area contributed by atoms with Crippen LogP contribution in [0.4, 0.5) is 4.39 Å². The van der Waals surface area contributed by atoms with Gasteiger partial charge in [0.05, 0.1) is 10.2 Å². The van der Waals surface area contributed by atoms with E-state index in [0.29, 0.717) is 15.7 Å². The van der Waals surface area contributed by atoms with Crippen molar-refractivity contribution < 1.29 is 14.6 Å². The highest BCUT2D eigenvalue weighted by molar-refractivity contribution is 9.10. The maximum Gasteiger partial charge on any atom is 0.213 e. The second kappa shape index (κ2) is 4.07. The van der Waals surface area contributed by atoms with Gasteiger partial charge in [0.15, 0.2) is 5.88 Å². The molecule has 0 aliphatic heterocycles. The molecule has 5 heteroatoms. The quantitative estimate of drug-likeness (QED) is 0.847. The van der Waals surface area contributed by atoms with Crippen molar-refractivity contribution in [3.8, 4) is 17.4 Å². The van der Waals surface area contributed by atoms with Crippen molar-refractivity contribution in [2.45, 2.75) is 13.8 Å². The molecule has 0 bridgehead atoms. The zero-order valence-corrected chi connectivity index (χ0v) is 10.9. The SMILES string of the molecule is Cc1cc(C)c(-n2c(O)cc(Br)c2O)cc1F. The zero-order valence-electron chi connectivity index (χ0n) is 9.33. The number of aryl methyl sites for hydroxylation is 2. The first-order valence-corrected chi connectivity index (χ1v) is 5.77. The monoisotopic (exact) mass is 299 g/mol. The third-order valence-electron chi connectivity index (χ3n) is 2.63. The summed E-state index contributed by atoms with van der Waals surface area (Å²) in [4.78, 5) is 0. The molecule has 1 aromatic carbocycles. The summed E-state index contributed by atoms with van der Waals surface area (Å²) in [6.07, 6.45) is 0. The summed E-state index contributed by atoms with van der Waals surface area (Å²) in [6.45, 7) is 3.45. The highest BCUT2D eigenvalue weighted by atomic mass is 79.9. The van der Waals surface area contributed by atoms with E-state index in [-0.39, 0.29) is 17.6 Å². The van der Waals surface area contributed by atoms with E-state index in [1.165, 1.54) is 16.7 Å². The normalized spacial score (nSPS) is 10.8. The van der Waals surface area contributed by atoms with E-state index in [4.69, 9.17) is 0 Å². The van der Waals surface area contributed by atoms with Gasteiger partial charge in [-0.1, -0.05) is 6.07 Å². The molecule has 1 aromatic heterocycles. The first kappa shape index (κ1) is 12.0. The lowest BCUT2D eigenvalue weighted by Gasteiger charge is -2.11. The van der Waals surface area contributed by atoms with Crippen molar-refractivity contribution in [1.82, 2.24) is 4.57 Å². The maximum absolute atomic E-state index is 13.5. The molecule has 0 saturated heterocycles. The molecule has 0 aliphatic rings. The largest absolute Gasteiger partial charge is 0.494 e. The third kappa shape index (κ3) is 1.91. The number of hydrogen-bond donors (Lipinski definition) is 2. The summed E-state index contributed by atoms with van der Waals surface area (Å²) in [5.41, 5.74) is 1.70. The highest BCUT2D eigenvalue weighted by Crippen LogP contribution is 2.36. The van der Waals surface area contributed by atoms with Crippen LogP contribution in [0.25, 0.3) is 5.69 Å². The number of aromatic nitrogens is 1. The molecular weight excluding hydrogens is 289 g/mol. The summed E-state index contributed by atoms with van der Waals surface area (Å²) in [5.74, 6) is -0.691. The summed E-state index contributed by atoms with van der Waals surface area (Å²) in [6, 6.07) is 4.31. The van der Waals surface area contributed by atoms with Gasteiger partial charge in [-0.3, -0.25) is 4.57 Å². The molecule has 0 aliphatic carbocycles. The van der Waals surface area contributed by atoms with Crippen LogP contribution in [0.5, 0.6) is 11.8 Å². The van der Waals surface area contributed by atoms with E-state index in [1.807, 2.05) is 0 Å². The maximum atomic E-state index is 13.5. The van der Waals surface area contributed by atoms with Gasteiger partial charge < -0.3 is 10.2 Å². The fraction of sp³-hybridized carbons (Fsp3) is 0.167. The molecule has 0 amide bonds. The van der Waals surface area contributed by atoms with Gasteiger partial charge in [0.25, 0.3) is 0 Å². The Kier molecular flexibility index (Phi) is 2.87. The van der Waals surface area contributed by atoms with Crippen molar-refractivity contribution in [3.63, 3.8) is 0 Å². The lowest BCUT2D eigenvalue weighted by Crippen LogP contribution is -1.98. The Morgan fingerprint density at radius 2 is 1.76 bits per heavy atom. The average Bonchev–Trinajstić information content (AvgIpc) is 2.48. The summed E-state index contributed by atoms with van der Waals surface area (Å²) in [7, 11) is 0. The van der Waals surface area contributed by atoms with Crippen molar-refractivity contribution in [2.24, 2.45) is 0 Å². The molecule has 0 unspecified atom stereocenters. The first-order valence-electron chi connectivity index (χ1n) is 4.98. The van der Waals surface area contributed by atoms with Crippen LogP contribution in [0.3, 0.4) is 0 Å². The van der Waals surface area contributed by atoms with Crippen molar-refractivity contribution in [2.75, 3.05) is 0 Å². The van der Waals surface area contributed by atoms with Gasteiger partial charge in [-0.15, -0.1) is 0 Å². The number of rotatable bonds is 1. The molecular formula is C12H11BrFNO2. The van der Waals surface area contributed by atoms with Crippen LogP contribution in [0.15, 0.2) is 22.7 Å². The molecule has 0 radical (unpaired) electrons. The van der Waals surface area contributed by atoms with Gasteiger partial charge in [-0.05, 0) is 47.0 Å². The van der Waals surface area contributed by atoms with Gasteiger partial charge in [0, 0.05) is 6.07 Å². The molecule has 90 valence electrons. The molecule has 2 rings (SSSR count). The van der Waals surface area contributed by atoms with Crippen LogP contribution >= 0.6 is 15.9 Å². The molecule has 0 spiro atoms. The minimum atomic E-state index is -0.380. The average molecular weight is 300 g/mol. The van der Waals surface area contributed by atoms with Gasteiger partial charge >= 0.3 is 0 Å².